The van der Waals surface area contributed by atoms with E-state index in [9.17, 15) is 17.6 Å². The molecule has 1 amide bonds. The average Bonchev–Trinajstić information content (AvgIpc) is 3.35. The van der Waals surface area contributed by atoms with Gasteiger partial charge in [-0.1, -0.05) is 11.6 Å². The van der Waals surface area contributed by atoms with Crippen molar-refractivity contribution in [1.29, 1.82) is 0 Å². The molecule has 2 N–H and O–H groups in total. The van der Waals surface area contributed by atoms with E-state index in [2.05, 4.69) is 15.0 Å². The molecule has 0 aliphatic carbocycles. The molecule has 1 saturated heterocycles. The van der Waals surface area contributed by atoms with Crippen molar-refractivity contribution >= 4 is 44.7 Å². The Morgan fingerprint density at radius 2 is 2.10 bits per heavy atom. The summed E-state index contributed by atoms with van der Waals surface area (Å²) < 4.78 is 44.2. The number of nitrogens with one attached hydrogen (secondary N) is 2. The van der Waals surface area contributed by atoms with Crippen molar-refractivity contribution in [2.45, 2.75) is 18.5 Å². The van der Waals surface area contributed by atoms with Gasteiger partial charge < -0.3 is 9.88 Å². The maximum atomic E-state index is 13.4. The van der Waals surface area contributed by atoms with Crippen molar-refractivity contribution in [2.24, 2.45) is 7.05 Å². The van der Waals surface area contributed by atoms with E-state index in [0.29, 0.717) is 0 Å². The Labute approximate surface area is 187 Å². The first kappa shape index (κ1) is 21.9. The van der Waals surface area contributed by atoms with Crippen molar-refractivity contribution in [3.05, 3.63) is 58.6 Å². The second-order valence-electron chi connectivity index (χ2n) is 7.19. The second-order valence-corrected chi connectivity index (χ2v) is 10.5. The molecule has 4 rings (SSSR count). The van der Waals surface area contributed by atoms with Crippen molar-refractivity contribution in [3.63, 3.8) is 0 Å². The van der Waals surface area contributed by atoms with Crippen molar-refractivity contribution in [1.82, 2.24) is 18.6 Å². The fourth-order valence-corrected chi connectivity index (χ4v) is 5.87. The molecule has 0 bridgehead atoms. The van der Waals surface area contributed by atoms with Crippen molar-refractivity contribution in [3.8, 4) is 10.6 Å². The van der Waals surface area contributed by atoms with Gasteiger partial charge in [0.2, 0.25) is 5.91 Å². The number of hydrogen-bond donors (Lipinski definition) is 2. The van der Waals surface area contributed by atoms with Crippen LogP contribution < -0.4 is 10.0 Å². The van der Waals surface area contributed by atoms with Gasteiger partial charge in [-0.3, -0.25) is 4.79 Å². The first-order valence-corrected chi connectivity index (χ1v) is 11.9. The fourth-order valence-electron chi connectivity index (χ4n) is 3.31. The first-order valence-electron chi connectivity index (χ1n) is 9.23. The summed E-state index contributed by atoms with van der Waals surface area (Å²) in [6.07, 6.45) is 3.78. The number of aryl methyl sites for hydroxylation is 1. The minimum atomic E-state index is -3.89. The molecule has 0 radical (unpaired) electrons. The number of rotatable bonds is 4. The van der Waals surface area contributed by atoms with Crippen LogP contribution in [0.2, 0.25) is 5.02 Å². The summed E-state index contributed by atoms with van der Waals surface area (Å²) in [4.78, 5) is 18.9. The number of imidazole rings is 1. The summed E-state index contributed by atoms with van der Waals surface area (Å²) in [5, 5.41) is 2.48. The summed E-state index contributed by atoms with van der Waals surface area (Å²) in [5.41, 5.74) is 1.07. The van der Waals surface area contributed by atoms with Crippen LogP contribution in [0.15, 0.2) is 42.9 Å². The summed E-state index contributed by atoms with van der Waals surface area (Å²) in [5.74, 6) is -1.13. The largest absolute Gasteiger partial charge is 0.340 e. The van der Waals surface area contributed by atoms with Gasteiger partial charge in [-0.2, -0.15) is 17.4 Å². The van der Waals surface area contributed by atoms with Crippen molar-refractivity contribution in [2.75, 3.05) is 12.4 Å². The number of anilines is 1. The van der Waals surface area contributed by atoms with Crippen LogP contribution in [0.1, 0.15) is 17.3 Å². The maximum absolute atomic E-state index is 13.4. The topological polar surface area (TPSA) is 96.3 Å². The molecule has 2 atom stereocenters. The molecule has 0 saturated carbocycles. The number of carbonyl (C=O) groups excluding carboxylic acids is 1. The van der Waals surface area contributed by atoms with Gasteiger partial charge in [0.25, 0.3) is 10.2 Å². The molecule has 12 heteroatoms. The molecular formula is C19H19ClFN5O3S2. The van der Waals surface area contributed by atoms with Crippen LogP contribution in [0.5, 0.6) is 0 Å². The SMILES string of the molecule is CN1[C@@H](C(=O)Nc2ccc(F)c(Cl)c2)C[C@@H](c2ccc(-c3cn(C)cn3)s2)NS1(=O)=O. The summed E-state index contributed by atoms with van der Waals surface area (Å²) >= 11 is 7.18. The molecule has 1 aromatic carbocycles. The van der Waals surface area contributed by atoms with Crippen LogP contribution >= 0.6 is 22.9 Å². The first-order chi connectivity index (χ1) is 14.6. The highest BCUT2D eigenvalue weighted by atomic mass is 35.5. The normalized spacial score (nSPS) is 21.2. The zero-order valence-electron chi connectivity index (χ0n) is 16.5. The highest BCUT2D eigenvalue weighted by Gasteiger charge is 2.41. The third-order valence-electron chi connectivity index (χ3n) is 4.99. The predicted octanol–water partition coefficient (Wildman–Crippen LogP) is 3.16. The van der Waals surface area contributed by atoms with E-state index in [1.165, 1.54) is 30.5 Å². The number of hydrogen-bond acceptors (Lipinski definition) is 5. The number of likely N-dealkylation sites (N-methyl/N-ethyl adjacent to an activating group) is 1. The van der Waals surface area contributed by atoms with Crippen LogP contribution in [0.4, 0.5) is 10.1 Å². The van der Waals surface area contributed by atoms with E-state index in [4.69, 9.17) is 11.6 Å². The standard InChI is InChI=1S/C19H19ClFN5O3S2/c1-25-9-15(22-10-25)18-6-5-17(30-18)14-8-16(26(2)31(28,29)24-14)19(27)23-11-3-4-13(21)12(20)7-11/h3-7,9-10,14,16,24H,8H2,1-2H3,(H,23,27)/t14-,16+/m0/s1. The molecule has 3 aromatic rings. The Morgan fingerprint density at radius 1 is 1.32 bits per heavy atom. The van der Waals surface area contributed by atoms with E-state index in [1.54, 1.807) is 6.33 Å². The van der Waals surface area contributed by atoms with E-state index >= 15 is 0 Å². The number of thiophene rings is 1. The third kappa shape index (κ3) is 4.51. The molecule has 3 heterocycles. The molecule has 2 aromatic heterocycles. The molecule has 1 aliphatic heterocycles. The lowest BCUT2D eigenvalue weighted by molar-refractivity contribution is -0.120. The Balaban J connectivity index is 1.57. The van der Waals surface area contributed by atoms with Gasteiger partial charge in [0.15, 0.2) is 0 Å². The highest BCUT2D eigenvalue weighted by Crippen LogP contribution is 2.35. The molecule has 164 valence electrons. The third-order valence-corrected chi connectivity index (χ3v) is 8.09. The lowest BCUT2D eigenvalue weighted by Crippen LogP contribution is -2.55. The Bertz CT molecular complexity index is 1240. The summed E-state index contributed by atoms with van der Waals surface area (Å²) in [7, 11) is -0.678. The number of aromatic nitrogens is 2. The van der Waals surface area contributed by atoms with E-state index < -0.39 is 34.0 Å². The minimum absolute atomic E-state index is 0.136. The van der Waals surface area contributed by atoms with Gasteiger partial charge in [0.05, 0.1) is 28.0 Å². The average molecular weight is 484 g/mol. The monoisotopic (exact) mass is 483 g/mol. The zero-order chi connectivity index (χ0) is 22.3. The summed E-state index contributed by atoms with van der Waals surface area (Å²) in [6.45, 7) is 0. The highest BCUT2D eigenvalue weighted by molar-refractivity contribution is 7.87. The minimum Gasteiger partial charge on any atom is -0.340 e. The van der Waals surface area contributed by atoms with Crippen LogP contribution in [0.25, 0.3) is 10.6 Å². The summed E-state index contributed by atoms with van der Waals surface area (Å²) in [6, 6.07) is 5.96. The van der Waals surface area contributed by atoms with Crippen LogP contribution in [-0.4, -0.2) is 41.3 Å². The number of halogens is 2. The maximum Gasteiger partial charge on any atom is 0.280 e. The lowest BCUT2D eigenvalue weighted by Gasteiger charge is -2.35. The van der Waals surface area contributed by atoms with E-state index in [0.717, 1.165) is 25.8 Å². The zero-order valence-corrected chi connectivity index (χ0v) is 18.9. The molecule has 1 fully saturated rings. The molecule has 8 nitrogen and oxygen atoms in total. The number of carbonyl (C=O) groups is 1. The van der Waals surface area contributed by atoms with Crippen LogP contribution in [0.3, 0.4) is 0 Å². The van der Waals surface area contributed by atoms with Gasteiger partial charge >= 0.3 is 0 Å². The van der Waals surface area contributed by atoms with Crippen LogP contribution in [-0.2, 0) is 22.1 Å². The molecular weight excluding hydrogens is 465 g/mol. The van der Waals surface area contributed by atoms with Crippen molar-refractivity contribution < 1.29 is 17.6 Å². The number of benzene rings is 1. The lowest BCUT2D eigenvalue weighted by atomic mass is 10.1. The fraction of sp³-hybridized carbons (Fsp3) is 0.263. The number of amides is 1. The second kappa shape index (κ2) is 8.32. The van der Waals surface area contributed by atoms with Gasteiger partial charge in [-0.05, 0) is 36.8 Å². The number of nitrogens with zero attached hydrogens (tertiary/aromatic N) is 3. The molecule has 31 heavy (non-hydrogen) atoms. The Kier molecular flexibility index (Phi) is 5.88. The van der Waals surface area contributed by atoms with Gasteiger partial charge in [-0.25, -0.2) is 9.37 Å². The van der Waals surface area contributed by atoms with Gasteiger partial charge in [0, 0.05) is 30.9 Å². The van der Waals surface area contributed by atoms with Crippen LogP contribution in [0, 0.1) is 5.82 Å². The van der Waals surface area contributed by atoms with Gasteiger partial charge in [-0.15, -0.1) is 11.3 Å². The van der Waals surface area contributed by atoms with E-state index in [1.807, 2.05) is 29.9 Å². The smallest absolute Gasteiger partial charge is 0.280 e. The quantitative estimate of drug-likeness (QED) is 0.595. The predicted molar refractivity (Wildman–Crippen MR) is 118 cm³/mol. The Morgan fingerprint density at radius 3 is 2.77 bits per heavy atom. The molecule has 1 aliphatic rings. The van der Waals surface area contributed by atoms with E-state index in [-0.39, 0.29) is 17.1 Å². The molecule has 0 spiro atoms. The molecule has 0 unspecified atom stereocenters. The van der Waals surface area contributed by atoms with Gasteiger partial charge in [0.1, 0.15) is 11.9 Å². The Hall–Kier alpha value is -2.31.